The highest BCUT2D eigenvalue weighted by Crippen LogP contribution is 2.24. The maximum Gasteiger partial charge on any atom is 0.224 e. The van der Waals surface area contributed by atoms with Crippen molar-refractivity contribution in [2.75, 3.05) is 13.2 Å². The number of rotatable bonds is 5. The Morgan fingerprint density at radius 2 is 1.77 bits per heavy atom. The molecule has 8 heteroatoms. The van der Waals surface area contributed by atoms with Crippen LogP contribution in [0.15, 0.2) is 18.2 Å². The molecule has 1 amide bonds. The predicted molar refractivity (Wildman–Crippen MR) is 83.0 cm³/mol. The van der Waals surface area contributed by atoms with E-state index in [4.69, 9.17) is 28.3 Å². The number of amides is 1. The van der Waals surface area contributed by atoms with Gasteiger partial charge >= 0.3 is 0 Å². The van der Waals surface area contributed by atoms with E-state index < -0.39 is 24.3 Å². The number of hydrogen-bond donors (Lipinski definition) is 5. The fraction of sp³-hybridized carbons (Fsp3) is 0.500. The molecule has 0 unspecified atom stereocenters. The molecule has 122 valence electrons. The van der Waals surface area contributed by atoms with Gasteiger partial charge in [-0.25, -0.2) is 0 Å². The molecule has 0 saturated carbocycles. The van der Waals surface area contributed by atoms with E-state index in [1.807, 2.05) is 0 Å². The van der Waals surface area contributed by atoms with Gasteiger partial charge < -0.3 is 26.0 Å². The number of aliphatic hydroxyl groups excluding tert-OH is 3. The maximum atomic E-state index is 12.0. The van der Waals surface area contributed by atoms with Crippen LogP contribution in [-0.4, -0.2) is 58.7 Å². The third-order valence-electron chi connectivity index (χ3n) is 3.72. The number of carbonyl (C=O) groups is 1. The lowest BCUT2D eigenvalue weighted by molar-refractivity contribution is -0.120. The zero-order chi connectivity index (χ0) is 16.3. The van der Waals surface area contributed by atoms with Crippen molar-refractivity contribution in [3.63, 3.8) is 0 Å². The van der Waals surface area contributed by atoms with Crippen molar-refractivity contribution < 1.29 is 20.1 Å². The molecule has 0 spiro atoms. The van der Waals surface area contributed by atoms with Crippen LogP contribution in [-0.2, 0) is 11.2 Å². The second-order valence-corrected chi connectivity index (χ2v) is 6.04. The van der Waals surface area contributed by atoms with E-state index in [1.165, 1.54) is 0 Å². The zero-order valence-electron chi connectivity index (χ0n) is 11.7. The standard InChI is InChI=1S/C14H18Cl2N2O4/c15-8-2-1-3-9(16)7(8)4-12(20)17-5-10-13(21)14(22)11(6-19)18-10/h1-3,10-11,13-14,18-19,21-22H,4-6H2,(H,17,20)/t10-,11+,13+,14-/m0/s1. The third-order valence-corrected chi connectivity index (χ3v) is 4.43. The van der Waals surface area contributed by atoms with Crippen molar-refractivity contribution in [2.45, 2.75) is 30.7 Å². The summed E-state index contributed by atoms with van der Waals surface area (Å²) in [5.41, 5.74) is 0.538. The second kappa shape index (κ2) is 7.59. The van der Waals surface area contributed by atoms with E-state index in [1.54, 1.807) is 18.2 Å². The van der Waals surface area contributed by atoms with Gasteiger partial charge in [0.05, 0.1) is 37.3 Å². The summed E-state index contributed by atoms with van der Waals surface area (Å²) in [5, 5.41) is 34.9. The lowest BCUT2D eigenvalue weighted by atomic mass is 10.1. The molecular formula is C14H18Cl2N2O4. The van der Waals surface area contributed by atoms with Crippen LogP contribution in [0.25, 0.3) is 0 Å². The van der Waals surface area contributed by atoms with Gasteiger partial charge in [-0.2, -0.15) is 0 Å². The first kappa shape index (κ1) is 17.5. The molecule has 0 radical (unpaired) electrons. The van der Waals surface area contributed by atoms with Crippen molar-refractivity contribution in [2.24, 2.45) is 0 Å². The van der Waals surface area contributed by atoms with Crippen molar-refractivity contribution >= 4 is 29.1 Å². The first-order valence-corrected chi connectivity index (χ1v) is 7.62. The Morgan fingerprint density at radius 3 is 2.32 bits per heavy atom. The van der Waals surface area contributed by atoms with Gasteiger partial charge in [0.2, 0.25) is 5.91 Å². The maximum absolute atomic E-state index is 12.0. The highest BCUT2D eigenvalue weighted by molar-refractivity contribution is 6.36. The topological polar surface area (TPSA) is 102 Å². The van der Waals surface area contributed by atoms with E-state index in [9.17, 15) is 15.0 Å². The van der Waals surface area contributed by atoms with Crippen LogP contribution in [0.1, 0.15) is 5.56 Å². The second-order valence-electron chi connectivity index (χ2n) is 5.22. The Morgan fingerprint density at radius 1 is 1.18 bits per heavy atom. The lowest BCUT2D eigenvalue weighted by Crippen LogP contribution is -2.44. The molecule has 4 atom stereocenters. The molecular weight excluding hydrogens is 331 g/mol. The van der Waals surface area contributed by atoms with Gasteiger partial charge in [-0.05, 0) is 17.7 Å². The van der Waals surface area contributed by atoms with Crippen LogP contribution in [0.4, 0.5) is 0 Å². The summed E-state index contributed by atoms with van der Waals surface area (Å²) < 4.78 is 0. The first-order chi connectivity index (χ1) is 10.4. The van der Waals surface area contributed by atoms with E-state index in [0.717, 1.165) is 0 Å². The number of hydrogen-bond acceptors (Lipinski definition) is 5. The molecule has 0 aliphatic carbocycles. The molecule has 1 aliphatic rings. The normalized spacial score (nSPS) is 27.9. The number of nitrogens with one attached hydrogen (secondary N) is 2. The lowest BCUT2D eigenvalue weighted by Gasteiger charge is -2.16. The summed E-state index contributed by atoms with van der Waals surface area (Å²) in [6, 6.07) is 3.87. The summed E-state index contributed by atoms with van der Waals surface area (Å²) in [6.07, 6.45) is -2.10. The van der Waals surface area contributed by atoms with E-state index in [2.05, 4.69) is 10.6 Å². The molecule has 22 heavy (non-hydrogen) atoms. The molecule has 2 rings (SSSR count). The number of benzene rings is 1. The SMILES string of the molecule is O=C(Cc1c(Cl)cccc1Cl)NC[C@@H]1N[C@H](CO)[C@H](O)[C@@H]1O. The number of carbonyl (C=O) groups excluding carboxylic acids is 1. The Kier molecular flexibility index (Phi) is 6.02. The first-order valence-electron chi connectivity index (χ1n) is 6.86. The zero-order valence-corrected chi connectivity index (χ0v) is 13.2. The summed E-state index contributed by atoms with van der Waals surface area (Å²) in [4.78, 5) is 12.0. The van der Waals surface area contributed by atoms with E-state index in [0.29, 0.717) is 15.6 Å². The van der Waals surface area contributed by atoms with Gasteiger partial charge in [-0.1, -0.05) is 29.3 Å². The fourth-order valence-corrected chi connectivity index (χ4v) is 2.97. The Hall–Kier alpha value is -0.890. The molecule has 1 aromatic rings. The van der Waals surface area contributed by atoms with Crippen molar-refractivity contribution in [1.82, 2.24) is 10.6 Å². The molecule has 0 bridgehead atoms. The van der Waals surface area contributed by atoms with Crippen LogP contribution in [0.3, 0.4) is 0 Å². The molecule has 6 nitrogen and oxygen atoms in total. The monoisotopic (exact) mass is 348 g/mol. The largest absolute Gasteiger partial charge is 0.395 e. The van der Waals surface area contributed by atoms with E-state index in [-0.39, 0.29) is 25.5 Å². The fourth-order valence-electron chi connectivity index (χ4n) is 2.44. The van der Waals surface area contributed by atoms with Crippen LogP contribution >= 0.6 is 23.2 Å². The van der Waals surface area contributed by atoms with E-state index >= 15 is 0 Å². The molecule has 1 heterocycles. The Bertz CT molecular complexity index is 523. The number of halogens is 2. The molecule has 1 aliphatic heterocycles. The molecule has 5 N–H and O–H groups in total. The molecule has 1 saturated heterocycles. The van der Waals surface area contributed by atoms with Crippen molar-refractivity contribution in [3.05, 3.63) is 33.8 Å². The quantitative estimate of drug-likeness (QED) is 0.503. The minimum absolute atomic E-state index is 0.0211. The van der Waals surface area contributed by atoms with Gasteiger partial charge in [0.15, 0.2) is 0 Å². The van der Waals surface area contributed by atoms with Gasteiger partial charge in [-0.3, -0.25) is 4.79 Å². The summed E-state index contributed by atoms with van der Waals surface area (Å²) in [5.74, 6) is -0.300. The minimum atomic E-state index is -1.06. The molecule has 1 aromatic carbocycles. The Labute approximate surface area is 138 Å². The third kappa shape index (κ3) is 3.90. The molecule has 1 fully saturated rings. The molecule has 0 aromatic heterocycles. The number of aliphatic hydroxyl groups is 3. The average molecular weight is 349 g/mol. The van der Waals surface area contributed by atoms with Gasteiger partial charge in [0, 0.05) is 16.6 Å². The summed E-state index contributed by atoms with van der Waals surface area (Å²) in [7, 11) is 0. The van der Waals surface area contributed by atoms with Crippen LogP contribution < -0.4 is 10.6 Å². The predicted octanol–water partition coefficient (Wildman–Crippen LogP) is -0.293. The average Bonchev–Trinajstić information content (AvgIpc) is 2.76. The van der Waals surface area contributed by atoms with Crippen molar-refractivity contribution in [1.29, 1.82) is 0 Å². The van der Waals surface area contributed by atoms with Crippen LogP contribution in [0.5, 0.6) is 0 Å². The summed E-state index contributed by atoms with van der Waals surface area (Å²) in [6.45, 7) is -0.173. The van der Waals surface area contributed by atoms with Crippen molar-refractivity contribution in [3.8, 4) is 0 Å². The smallest absolute Gasteiger partial charge is 0.224 e. The van der Waals surface area contributed by atoms with Gasteiger partial charge in [0.1, 0.15) is 0 Å². The Balaban J connectivity index is 1.89. The van der Waals surface area contributed by atoms with Crippen LogP contribution in [0, 0.1) is 0 Å². The summed E-state index contributed by atoms with van der Waals surface area (Å²) >= 11 is 12.0. The van der Waals surface area contributed by atoms with Crippen LogP contribution in [0.2, 0.25) is 10.0 Å². The minimum Gasteiger partial charge on any atom is -0.395 e. The van der Waals surface area contributed by atoms with Gasteiger partial charge in [0.25, 0.3) is 0 Å². The van der Waals surface area contributed by atoms with Gasteiger partial charge in [-0.15, -0.1) is 0 Å². The highest BCUT2D eigenvalue weighted by Gasteiger charge is 2.40. The highest BCUT2D eigenvalue weighted by atomic mass is 35.5.